The lowest BCUT2D eigenvalue weighted by atomic mass is 9.93. The van der Waals surface area contributed by atoms with E-state index in [-0.39, 0.29) is 34.8 Å². The largest absolute Gasteiger partial charge is 0.336 e. The van der Waals surface area contributed by atoms with Gasteiger partial charge in [-0.25, -0.2) is 21.1 Å². The highest BCUT2D eigenvalue weighted by Gasteiger charge is 2.52. The maximum absolute atomic E-state index is 13.9. The van der Waals surface area contributed by atoms with Gasteiger partial charge in [0.05, 0.1) is 33.5 Å². The average molecular weight is 598 g/mol. The summed E-state index contributed by atoms with van der Waals surface area (Å²) in [6.45, 7) is 1.28. The van der Waals surface area contributed by atoms with Crippen LogP contribution in [0.1, 0.15) is 38.5 Å². The number of nitrogens with one attached hydrogen (secondary N) is 1. The molecule has 39 heavy (non-hydrogen) atoms. The molecule has 3 saturated heterocycles. The molecule has 3 heterocycles. The number of benzene rings is 1. The minimum Gasteiger partial charge on any atom is -0.336 e. The van der Waals surface area contributed by atoms with Crippen molar-refractivity contribution in [3.8, 4) is 6.07 Å². The fourth-order valence-corrected chi connectivity index (χ4v) is 8.98. The van der Waals surface area contributed by atoms with Gasteiger partial charge >= 0.3 is 0 Å². The molecule has 1 aromatic carbocycles. The number of sulfone groups is 1. The molecule has 3 aliphatic heterocycles. The number of halogens is 1. The predicted molar refractivity (Wildman–Crippen MR) is 143 cm³/mol. The van der Waals surface area contributed by atoms with Crippen molar-refractivity contribution >= 4 is 43.3 Å². The summed E-state index contributed by atoms with van der Waals surface area (Å²) in [6.07, 6.45) is 3.88. The van der Waals surface area contributed by atoms with E-state index in [0.29, 0.717) is 51.7 Å². The number of rotatable bonds is 7. The number of amides is 2. The van der Waals surface area contributed by atoms with Crippen LogP contribution in [0.15, 0.2) is 29.2 Å². The minimum absolute atomic E-state index is 0.0246. The normalized spacial score (nSPS) is 27.9. The molecule has 212 valence electrons. The molecule has 3 atom stereocenters. The van der Waals surface area contributed by atoms with Gasteiger partial charge < -0.3 is 10.2 Å². The summed E-state index contributed by atoms with van der Waals surface area (Å²) in [6, 6.07) is 6.71. The highest BCUT2D eigenvalue weighted by Crippen LogP contribution is 2.37. The van der Waals surface area contributed by atoms with E-state index < -0.39 is 48.6 Å². The van der Waals surface area contributed by atoms with E-state index in [1.165, 1.54) is 27.6 Å². The number of hydrogen-bond acceptors (Lipinski definition) is 8. The first-order valence-corrected chi connectivity index (χ1v) is 16.9. The van der Waals surface area contributed by atoms with Gasteiger partial charge in [-0.05, 0) is 50.7 Å². The van der Waals surface area contributed by atoms with Crippen LogP contribution >= 0.6 is 11.6 Å². The maximum Gasteiger partial charge on any atom is 0.244 e. The summed E-state index contributed by atoms with van der Waals surface area (Å²) in [4.78, 5) is 30.6. The van der Waals surface area contributed by atoms with Gasteiger partial charge in [-0.15, -0.1) is 0 Å². The number of nitriles is 1. The third-order valence-corrected chi connectivity index (χ3v) is 12.4. The lowest BCUT2D eigenvalue weighted by Gasteiger charge is -2.48. The van der Waals surface area contributed by atoms with Crippen LogP contribution < -0.4 is 5.32 Å². The van der Waals surface area contributed by atoms with Gasteiger partial charge in [-0.2, -0.15) is 5.26 Å². The van der Waals surface area contributed by atoms with E-state index in [1.807, 2.05) is 4.90 Å². The van der Waals surface area contributed by atoms with Crippen molar-refractivity contribution in [2.24, 2.45) is 0 Å². The zero-order valence-electron chi connectivity index (χ0n) is 21.6. The van der Waals surface area contributed by atoms with Crippen LogP contribution in [0.25, 0.3) is 0 Å². The first kappa shape index (κ1) is 28.3. The van der Waals surface area contributed by atoms with Crippen molar-refractivity contribution in [3.05, 3.63) is 29.3 Å². The van der Waals surface area contributed by atoms with Gasteiger partial charge in [-0.1, -0.05) is 23.7 Å². The lowest BCUT2D eigenvalue weighted by Crippen LogP contribution is -2.63. The smallest absolute Gasteiger partial charge is 0.244 e. The van der Waals surface area contributed by atoms with Gasteiger partial charge in [-0.3, -0.25) is 14.5 Å². The molecule has 0 bridgehead atoms. The number of nitrogens with zero attached hydrogens (tertiary/aromatic N) is 4. The van der Waals surface area contributed by atoms with E-state index in [2.05, 4.69) is 11.4 Å². The molecule has 14 heteroatoms. The van der Waals surface area contributed by atoms with Crippen molar-refractivity contribution in [2.75, 3.05) is 32.4 Å². The molecule has 2 amide bonds. The molecule has 4 aliphatic rings. The van der Waals surface area contributed by atoms with Gasteiger partial charge in [0.2, 0.25) is 21.8 Å². The second-order valence-electron chi connectivity index (χ2n) is 11.0. The van der Waals surface area contributed by atoms with Crippen molar-refractivity contribution in [3.63, 3.8) is 0 Å². The highest BCUT2D eigenvalue weighted by atomic mass is 35.5. The van der Waals surface area contributed by atoms with Crippen molar-refractivity contribution in [2.45, 2.75) is 72.3 Å². The molecule has 1 saturated carbocycles. The zero-order valence-corrected chi connectivity index (χ0v) is 24.0. The molecular formula is C25H32ClN5O6S2. The molecule has 4 fully saturated rings. The Hall–Kier alpha value is -2.24. The first-order chi connectivity index (χ1) is 18.4. The molecule has 0 aromatic heterocycles. The second-order valence-corrected chi connectivity index (χ2v) is 15.5. The summed E-state index contributed by atoms with van der Waals surface area (Å²) < 4.78 is 52.3. The van der Waals surface area contributed by atoms with E-state index in [4.69, 9.17) is 11.6 Å². The third kappa shape index (κ3) is 5.41. The Labute approximate surface area is 234 Å². The van der Waals surface area contributed by atoms with Crippen LogP contribution in [0.5, 0.6) is 0 Å². The molecule has 1 unspecified atom stereocenters. The van der Waals surface area contributed by atoms with Crippen LogP contribution in [-0.4, -0.2) is 104 Å². The molecule has 5 rings (SSSR count). The number of carbonyl (C=O) groups is 2. The molecule has 11 nitrogen and oxygen atoms in total. The van der Waals surface area contributed by atoms with E-state index in [0.717, 1.165) is 0 Å². The summed E-state index contributed by atoms with van der Waals surface area (Å²) in [7, 11) is -7.23. The SMILES string of the molecule is CS(=O)(=O)N1CCC(N2CCC2C(=O)N2C[C@H](S(=O)(=O)c3ccccc3Cl)C[C@H]2C(=O)NC2(C#N)CC2)CC1. The van der Waals surface area contributed by atoms with Crippen LogP contribution in [0.4, 0.5) is 0 Å². The Kier molecular flexibility index (Phi) is 7.47. The Morgan fingerprint density at radius 1 is 1.05 bits per heavy atom. The average Bonchev–Trinajstić information content (AvgIpc) is 3.48. The van der Waals surface area contributed by atoms with E-state index in [1.54, 1.807) is 12.1 Å². The summed E-state index contributed by atoms with van der Waals surface area (Å²) in [5.74, 6) is -0.836. The van der Waals surface area contributed by atoms with E-state index >= 15 is 0 Å². The van der Waals surface area contributed by atoms with Crippen LogP contribution in [0.2, 0.25) is 5.02 Å². The number of carbonyl (C=O) groups excluding carboxylic acids is 2. The second kappa shape index (κ2) is 10.3. The van der Waals surface area contributed by atoms with E-state index in [9.17, 15) is 31.7 Å². The summed E-state index contributed by atoms with van der Waals surface area (Å²) in [5, 5.41) is 11.3. The third-order valence-electron chi connectivity index (χ3n) is 8.46. The predicted octanol–water partition coefficient (Wildman–Crippen LogP) is 0.754. The van der Waals surface area contributed by atoms with Crippen LogP contribution in [0.3, 0.4) is 0 Å². The monoisotopic (exact) mass is 597 g/mol. The minimum atomic E-state index is -3.95. The van der Waals surface area contributed by atoms with Crippen molar-refractivity contribution in [1.82, 2.24) is 19.4 Å². The Morgan fingerprint density at radius 2 is 1.72 bits per heavy atom. The fourth-order valence-electron chi connectivity index (χ4n) is 5.88. The number of piperidine rings is 1. The first-order valence-electron chi connectivity index (χ1n) is 13.1. The van der Waals surface area contributed by atoms with Gasteiger partial charge in [0, 0.05) is 32.2 Å². The quantitative estimate of drug-likeness (QED) is 0.484. The Bertz CT molecular complexity index is 1420. The van der Waals surface area contributed by atoms with Crippen LogP contribution in [-0.2, 0) is 29.4 Å². The zero-order chi connectivity index (χ0) is 28.2. The molecule has 0 radical (unpaired) electrons. The van der Waals surface area contributed by atoms with Gasteiger partial charge in [0.15, 0.2) is 9.84 Å². The summed E-state index contributed by atoms with van der Waals surface area (Å²) >= 11 is 6.20. The lowest BCUT2D eigenvalue weighted by molar-refractivity contribution is -0.148. The van der Waals surface area contributed by atoms with Crippen molar-refractivity contribution in [1.29, 1.82) is 5.26 Å². The standard InChI is InChI=1S/C25H32ClN5O6S2/c1-38(34,35)29-11-6-17(7-12-29)30-13-8-20(30)24(33)31-15-18(39(36,37)22-5-3-2-4-19(22)26)14-21(31)23(32)28-25(16-27)9-10-25/h2-5,17-18,20-21H,6-15H2,1H3,(H,28,32)/t18-,20?,21+/m1/s1. The topological polar surface area (TPSA) is 148 Å². The molecular weight excluding hydrogens is 566 g/mol. The van der Waals surface area contributed by atoms with Crippen LogP contribution in [0, 0.1) is 11.3 Å². The number of sulfonamides is 1. The summed E-state index contributed by atoms with van der Waals surface area (Å²) in [5.41, 5.74) is -0.957. The molecule has 1 aliphatic carbocycles. The fraction of sp³-hybridized carbons (Fsp3) is 0.640. The highest BCUT2D eigenvalue weighted by molar-refractivity contribution is 7.92. The molecule has 1 aromatic rings. The van der Waals surface area contributed by atoms with Crippen molar-refractivity contribution < 1.29 is 26.4 Å². The molecule has 0 spiro atoms. The molecule has 1 N–H and O–H groups in total. The van der Waals surface area contributed by atoms with Gasteiger partial charge in [0.25, 0.3) is 0 Å². The van der Waals surface area contributed by atoms with Gasteiger partial charge in [0.1, 0.15) is 11.6 Å². The number of likely N-dealkylation sites (tertiary alicyclic amines) is 2. The number of hydrogen-bond donors (Lipinski definition) is 1. The Balaban J connectivity index is 1.35. The maximum atomic E-state index is 13.9. The Morgan fingerprint density at radius 3 is 2.26 bits per heavy atom.